The summed E-state index contributed by atoms with van der Waals surface area (Å²) >= 11 is 5.90. The Bertz CT molecular complexity index is 719. The zero-order chi connectivity index (χ0) is 15.7. The van der Waals surface area contributed by atoms with Crippen molar-refractivity contribution >= 4 is 17.4 Å². The maximum atomic E-state index is 11.7. The molecule has 1 aromatic carbocycles. The Morgan fingerprint density at radius 1 is 1.23 bits per heavy atom. The lowest BCUT2D eigenvalue weighted by Gasteiger charge is -2.39. The lowest BCUT2D eigenvalue weighted by atomic mass is 9.84. The number of nitrogens with zero attached hydrogens (tertiary/aromatic N) is 3. The van der Waals surface area contributed by atoms with Crippen molar-refractivity contribution in [3.05, 3.63) is 57.6 Å². The van der Waals surface area contributed by atoms with E-state index in [1.807, 2.05) is 17.0 Å². The van der Waals surface area contributed by atoms with Crippen LogP contribution in [-0.2, 0) is 12.6 Å². The van der Waals surface area contributed by atoms with Crippen LogP contribution in [0.4, 0.5) is 5.82 Å². The normalized spacial score (nSPS) is 17.5. The van der Waals surface area contributed by atoms with E-state index in [-0.39, 0.29) is 5.56 Å². The van der Waals surface area contributed by atoms with Gasteiger partial charge in [-0.2, -0.15) is 0 Å². The molecular weight excluding hydrogens is 302 g/mol. The molecule has 1 aliphatic rings. The van der Waals surface area contributed by atoms with E-state index in [2.05, 4.69) is 4.98 Å². The Morgan fingerprint density at radius 2 is 1.86 bits per heavy atom. The van der Waals surface area contributed by atoms with Gasteiger partial charge in [0.1, 0.15) is 5.82 Å². The van der Waals surface area contributed by atoms with Gasteiger partial charge in [-0.15, -0.1) is 0 Å². The van der Waals surface area contributed by atoms with Gasteiger partial charge in [0.05, 0.1) is 11.9 Å². The van der Waals surface area contributed by atoms with Crippen LogP contribution in [0.3, 0.4) is 0 Å². The third-order valence-electron chi connectivity index (χ3n) is 4.26. The Balaban J connectivity index is 1.75. The molecule has 5 nitrogen and oxygen atoms in total. The molecule has 0 spiro atoms. The number of aliphatic hydroxyl groups is 1. The Kier molecular flexibility index (Phi) is 3.93. The minimum absolute atomic E-state index is 0.0801. The van der Waals surface area contributed by atoms with Gasteiger partial charge < -0.3 is 14.6 Å². The van der Waals surface area contributed by atoms with Gasteiger partial charge in [-0.1, -0.05) is 23.7 Å². The van der Waals surface area contributed by atoms with E-state index in [1.54, 1.807) is 19.2 Å². The van der Waals surface area contributed by atoms with Crippen LogP contribution in [0.25, 0.3) is 0 Å². The molecule has 3 rings (SSSR count). The highest BCUT2D eigenvalue weighted by Crippen LogP contribution is 2.34. The number of benzene rings is 1. The zero-order valence-corrected chi connectivity index (χ0v) is 13.1. The van der Waals surface area contributed by atoms with Crippen molar-refractivity contribution in [3.63, 3.8) is 0 Å². The van der Waals surface area contributed by atoms with Crippen molar-refractivity contribution in [1.29, 1.82) is 0 Å². The summed E-state index contributed by atoms with van der Waals surface area (Å²) in [6.45, 7) is 1.30. The predicted octanol–water partition coefficient (Wildman–Crippen LogP) is 1.92. The number of rotatable bonds is 2. The summed E-state index contributed by atoms with van der Waals surface area (Å²) in [5, 5.41) is 11.5. The first-order chi connectivity index (χ1) is 10.5. The first-order valence-corrected chi connectivity index (χ1v) is 7.62. The van der Waals surface area contributed by atoms with E-state index in [0.717, 1.165) is 5.56 Å². The summed E-state index contributed by atoms with van der Waals surface area (Å²) in [4.78, 5) is 18.0. The van der Waals surface area contributed by atoms with Crippen LogP contribution in [0.5, 0.6) is 0 Å². The maximum absolute atomic E-state index is 11.7. The molecule has 1 aromatic heterocycles. The summed E-state index contributed by atoms with van der Waals surface area (Å²) in [5.41, 5.74) is -0.0436. The number of piperidine rings is 1. The van der Waals surface area contributed by atoms with E-state index in [9.17, 15) is 9.90 Å². The van der Waals surface area contributed by atoms with Crippen LogP contribution >= 0.6 is 11.6 Å². The quantitative estimate of drug-likeness (QED) is 0.919. The van der Waals surface area contributed by atoms with Crippen LogP contribution in [0.1, 0.15) is 18.4 Å². The van der Waals surface area contributed by atoms with Gasteiger partial charge in [0.2, 0.25) is 0 Å². The molecule has 1 saturated heterocycles. The second-order valence-electron chi connectivity index (χ2n) is 5.72. The van der Waals surface area contributed by atoms with Gasteiger partial charge in [0.25, 0.3) is 5.56 Å². The first-order valence-electron chi connectivity index (χ1n) is 7.24. The molecule has 6 heteroatoms. The molecule has 22 heavy (non-hydrogen) atoms. The van der Waals surface area contributed by atoms with Gasteiger partial charge in [0, 0.05) is 31.2 Å². The number of hydrogen-bond donors (Lipinski definition) is 1. The lowest BCUT2D eigenvalue weighted by molar-refractivity contribution is 0.0116. The number of aromatic nitrogens is 2. The SMILES string of the molecule is Cn1cnc(N2CCC(O)(c3ccc(Cl)cc3)CC2)cc1=O. The van der Waals surface area contributed by atoms with Gasteiger partial charge >= 0.3 is 0 Å². The van der Waals surface area contributed by atoms with Crippen LogP contribution in [0, 0.1) is 0 Å². The predicted molar refractivity (Wildman–Crippen MR) is 86.3 cm³/mol. The second-order valence-corrected chi connectivity index (χ2v) is 6.16. The Hall–Kier alpha value is -1.85. The highest BCUT2D eigenvalue weighted by atomic mass is 35.5. The zero-order valence-electron chi connectivity index (χ0n) is 12.4. The molecular formula is C16H18ClN3O2. The number of hydrogen-bond acceptors (Lipinski definition) is 4. The smallest absolute Gasteiger partial charge is 0.255 e. The van der Waals surface area contributed by atoms with Crippen LogP contribution in [0.15, 0.2) is 41.5 Å². The topological polar surface area (TPSA) is 58.4 Å². The summed E-state index contributed by atoms with van der Waals surface area (Å²) in [6, 6.07) is 8.86. The third-order valence-corrected chi connectivity index (χ3v) is 4.51. The van der Waals surface area contributed by atoms with Crippen LogP contribution in [-0.4, -0.2) is 27.7 Å². The first kappa shape index (κ1) is 15.1. The molecule has 2 heterocycles. The van der Waals surface area contributed by atoms with Crippen molar-refractivity contribution in [2.45, 2.75) is 18.4 Å². The third kappa shape index (κ3) is 2.87. The molecule has 1 N–H and O–H groups in total. The molecule has 0 unspecified atom stereocenters. The molecule has 0 amide bonds. The summed E-state index contributed by atoms with van der Waals surface area (Å²) in [6.07, 6.45) is 2.70. The average molecular weight is 320 g/mol. The van der Waals surface area contributed by atoms with Gasteiger partial charge in [-0.05, 0) is 30.5 Å². The summed E-state index contributed by atoms with van der Waals surface area (Å²) < 4.78 is 1.44. The van der Waals surface area contributed by atoms with E-state index in [0.29, 0.717) is 36.8 Å². The minimum atomic E-state index is -0.846. The Morgan fingerprint density at radius 3 is 2.45 bits per heavy atom. The molecule has 0 radical (unpaired) electrons. The lowest BCUT2D eigenvalue weighted by Crippen LogP contribution is -2.43. The van der Waals surface area contributed by atoms with E-state index < -0.39 is 5.60 Å². The van der Waals surface area contributed by atoms with Gasteiger partial charge in [-0.3, -0.25) is 4.79 Å². The highest BCUT2D eigenvalue weighted by Gasteiger charge is 2.34. The second kappa shape index (κ2) is 5.74. The van der Waals surface area contributed by atoms with E-state index in [4.69, 9.17) is 11.6 Å². The van der Waals surface area contributed by atoms with Crippen molar-refractivity contribution < 1.29 is 5.11 Å². The summed E-state index contributed by atoms with van der Waals surface area (Å²) in [5.74, 6) is 0.668. The minimum Gasteiger partial charge on any atom is -0.385 e. The van der Waals surface area contributed by atoms with Crippen molar-refractivity contribution in [2.75, 3.05) is 18.0 Å². The van der Waals surface area contributed by atoms with Gasteiger partial charge in [-0.25, -0.2) is 4.98 Å². The molecule has 116 valence electrons. The summed E-state index contributed by atoms with van der Waals surface area (Å²) in [7, 11) is 1.68. The van der Waals surface area contributed by atoms with Crippen molar-refractivity contribution in [3.8, 4) is 0 Å². The largest absolute Gasteiger partial charge is 0.385 e. The van der Waals surface area contributed by atoms with E-state index in [1.165, 1.54) is 17.0 Å². The highest BCUT2D eigenvalue weighted by molar-refractivity contribution is 6.30. The maximum Gasteiger partial charge on any atom is 0.255 e. The molecule has 1 fully saturated rings. The molecule has 0 saturated carbocycles. The molecule has 1 aliphatic heterocycles. The van der Waals surface area contributed by atoms with Crippen molar-refractivity contribution in [2.24, 2.45) is 7.05 Å². The number of halogens is 1. The fourth-order valence-corrected chi connectivity index (χ4v) is 2.91. The Labute approximate surface area is 133 Å². The van der Waals surface area contributed by atoms with E-state index >= 15 is 0 Å². The van der Waals surface area contributed by atoms with Gasteiger partial charge in [0.15, 0.2) is 0 Å². The van der Waals surface area contributed by atoms with Crippen LogP contribution < -0.4 is 10.5 Å². The number of aryl methyl sites for hydroxylation is 1. The fraction of sp³-hybridized carbons (Fsp3) is 0.375. The van der Waals surface area contributed by atoms with Crippen molar-refractivity contribution in [1.82, 2.24) is 9.55 Å². The molecule has 0 aliphatic carbocycles. The standard InChI is InChI=1S/C16H18ClN3O2/c1-19-11-18-14(10-15(19)21)20-8-6-16(22,7-9-20)12-2-4-13(17)5-3-12/h2-5,10-11,22H,6-9H2,1H3. The molecule has 0 bridgehead atoms. The monoisotopic (exact) mass is 319 g/mol. The fourth-order valence-electron chi connectivity index (χ4n) is 2.78. The number of anilines is 1. The van der Waals surface area contributed by atoms with Crippen LogP contribution in [0.2, 0.25) is 5.02 Å². The molecule has 0 atom stereocenters. The molecule has 2 aromatic rings. The average Bonchev–Trinajstić information content (AvgIpc) is 2.51.